The van der Waals surface area contributed by atoms with Gasteiger partial charge in [0.2, 0.25) is 0 Å². The monoisotopic (exact) mass is 338 g/mol. The number of ketones is 1. The predicted octanol–water partition coefficient (Wildman–Crippen LogP) is 1.78. The van der Waals surface area contributed by atoms with E-state index in [0.29, 0.717) is 36.8 Å². The summed E-state index contributed by atoms with van der Waals surface area (Å²) in [6.07, 6.45) is 1.11. The number of Topliss-reactive ketones (excluding diaryl/α,β-unsaturated/α-hetero) is 1. The molecule has 1 aliphatic heterocycles. The number of hydrogen-bond acceptors (Lipinski definition) is 6. The van der Waals surface area contributed by atoms with Gasteiger partial charge in [0.05, 0.1) is 18.0 Å². The van der Waals surface area contributed by atoms with E-state index in [1.54, 1.807) is 6.92 Å². The van der Waals surface area contributed by atoms with Crippen LogP contribution >= 0.6 is 11.3 Å². The summed E-state index contributed by atoms with van der Waals surface area (Å²) in [6, 6.07) is -0.381. The van der Waals surface area contributed by atoms with E-state index in [0.717, 1.165) is 11.3 Å². The quantitative estimate of drug-likeness (QED) is 0.735. The number of hydrogen-bond donors (Lipinski definition) is 2. The standard InChI is InChI=1S/C14H18N4O4S/c1-3-4-9(15)10(19)7-17-5-6-18(14(17)22)13-16-8(2)11(23-13)12(20)21/h15H,3-7H2,1-2H3,(H,20,21). The van der Waals surface area contributed by atoms with Gasteiger partial charge in [-0.2, -0.15) is 0 Å². The average molecular weight is 338 g/mol. The number of carboxylic acid groups (broad SMARTS) is 1. The lowest BCUT2D eigenvalue weighted by Crippen LogP contribution is -2.37. The van der Waals surface area contributed by atoms with Crippen LogP contribution in [0.25, 0.3) is 0 Å². The summed E-state index contributed by atoms with van der Waals surface area (Å²) in [4.78, 5) is 42.3. The zero-order valence-corrected chi connectivity index (χ0v) is 13.8. The van der Waals surface area contributed by atoms with Crippen molar-refractivity contribution in [2.75, 3.05) is 24.5 Å². The Balaban J connectivity index is 2.07. The number of carbonyl (C=O) groups excluding carboxylic acids is 2. The van der Waals surface area contributed by atoms with E-state index in [2.05, 4.69) is 4.98 Å². The van der Waals surface area contributed by atoms with Gasteiger partial charge in [0.25, 0.3) is 0 Å². The SMILES string of the molecule is CCCC(=N)C(=O)CN1CCN(c2nc(C)c(C(=O)O)s2)C1=O. The molecule has 0 aromatic carbocycles. The highest BCUT2D eigenvalue weighted by Gasteiger charge is 2.33. The molecule has 1 fully saturated rings. The lowest BCUT2D eigenvalue weighted by Gasteiger charge is -2.16. The molecule has 1 aromatic rings. The minimum Gasteiger partial charge on any atom is -0.477 e. The van der Waals surface area contributed by atoms with Crippen molar-refractivity contribution in [3.8, 4) is 0 Å². The first-order chi connectivity index (χ1) is 10.8. The van der Waals surface area contributed by atoms with E-state index in [9.17, 15) is 14.4 Å². The molecule has 0 aliphatic carbocycles. The van der Waals surface area contributed by atoms with Crippen molar-refractivity contribution in [3.63, 3.8) is 0 Å². The second-order valence-electron chi connectivity index (χ2n) is 5.22. The Bertz CT molecular complexity index is 670. The topological polar surface area (TPSA) is 115 Å². The first kappa shape index (κ1) is 17.1. The van der Waals surface area contributed by atoms with Gasteiger partial charge in [-0.1, -0.05) is 24.7 Å². The number of aromatic nitrogens is 1. The number of aromatic carboxylic acids is 1. The van der Waals surface area contributed by atoms with E-state index in [-0.39, 0.29) is 28.9 Å². The van der Waals surface area contributed by atoms with Gasteiger partial charge < -0.3 is 15.4 Å². The smallest absolute Gasteiger partial charge is 0.347 e. The Kier molecular flexibility index (Phi) is 5.09. The highest BCUT2D eigenvalue weighted by molar-refractivity contribution is 7.17. The molecule has 0 unspecified atom stereocenters. The van der Waals surface area contributed by atoms with Crippen molar-refractivity contribution < 1.29 is 19.5 Å². The molecule has 1 aliphatic rings. The number of anilines is 1. The lowest BCUT2D eigenvalue weighted by molar-refractivity contribution is -0.113. The molecule has 23 heavy (non-hydrogen) atoms. The fourth-order valence-electron chi connectivity index (χ4n) is 2.26. The average Bonchev–Trinajstić information content (AvgIpc) is 3.03. The second-order valence-corrected chi connectivity index (χ2v) is 6.20. The summed E-state index contributed by atoms with van der Waals surface area (Å²) in [5, 5.41) is 17.0. The molecule has 0 atom stereocenters. The summed E-state index contributed by atoms with van der Waals surface area (Å²) >= 11 is 0.945. The molecule has 0 radical (unpaired) electrons. The Morgan fingerprint density at radius 2 is 2.09 bits per heavy atom. The van der Waals surface area contributed by atoms with Gasteiger partial charge in [0.15, 0.2) is 10.9 Å². The number of thiazole rings is 1. The summed E-state index contributed by atoms with van der Waals surface area (Å²) in [7, 11) is 0. The number of rotatable bonds is 7. The highest BCUT2D eigenvalue weighted by Crippen LogP contribution is 2.28. The molecule has 8 nitrogen and oxygen atoms in total. The van der Waals surface area contributed by atoms with E-state index in [1.807, 2.05) is 6.92 Å². The largest absolute Gasteiger partial charge is 0.477 e. The van der Waals surface area contributed by atoms with Crippen LogP contribution in [0.1, 0.15) is 35.1 Å². The van der Waals surface area contributed by atoms with Gasteiger partial charge in [-0.05, 0) is 13.3 Å². The number of carboxylic acids is 1. The van der Waals surface area contributed by atoms with Gasteiger partial charge in [0, 0.05) is 13.1 Å². The third kappa shape index (κ3) is 3.55. The molecular weight excluding hydrogens is 320 g/mol. The maximum atomic E-state index is 12.4. The molecule has 124 valence electrons. The fourth-order valence-corrected chi connectivity index (χ4v) is 3.19. The summed E-state index contributed by atoms with van der Waals surface area (Å²) in [5.41, 5.74) is 0.390. The second kappa shape index (κ2) is 6.86. The molecule has 0 bridgehead atoms. The Hall–Kier alpha value is -2.29. The van der Waals surface area contributed by atoms with Crippen LogP contribution in [-0.2, 0) is 4.79 Å². The zero-order chi connectivity index (χ0) is 17.1. The molecular formula is C14H18N4O4S. The van der Waals surface area contributed by atoms with Gasteiger partial charge >= 0.3 is 12.0 Å². The third-order valence-corrected chi connectivity index (χ3v) is 4.64. The lowest BCUT2D eigenvalue weighted by atomic mass is 10.1. The molecule has 0 spiro atoms. The maximum Gasteiger partial charge on any atom is 0.347 e. The summed E-state index contributed by atoms with van der Waals surface area (Å²) in [6.45, 7) is 4.04. The number of carbonyl (C=O) groups is 3. The van der Waals surface area contributed by atoms with Gasteiger partial charge in [0.1, 0.15) is 4.88 Å². The first-order valence-corrected chi connectivity index (χ1v) is 8.04. The van der Waals surface area contributed by atoms with Crippen LogP contribution in [0.2, 0.25) is 0 Å². The van der Waals surface area contributed by atoms with Crippen molar-refractivity contribution in [1.29, 1.82) is 5.41 Å². The Labute approximate surface area is 137 Å². The minimum absolute atomic E-state index is 0.0250. The van der Waals surface area contributed by atoms with Crippen LogP contribution in [0.5, 0.6) is 0 Å². The van der Waals surface area contributed by atoms with Crippen molar-refractivity contribution in [2.45, 2.75) is 26.7 Å². The number of nitrogens with one attached hydrogen (secondary N) is 1. The van der Waals surface area contributed by atoms with Crippen LogP contribution in [0.4, 0.5) is 9.93 Å². The maximum absolute atomic E-state index is 12.4. The van der Waals surface area contributed by atoms with Crippen molar-refractivity contribution in [2.24, 2.45) is 0 Å². The number of urea groups is 1. The summed E-state index contributed by atoms with van der Waals surface area (Å²) in [5.74, 6) is -1.43. The van der Waals surface area contributed by atoms with Crippen LogP contribution in [-0.4, -0.2) is 58.1 Å². The molecule has 2 heterocycles. The van der Waals surface area contributed by atoms with Crippen molar-refractivity contribution in [3.05, 3.63) is 10.6 Å². The van der Waals surface area contributed by atoms with E-state index >= 15 is 0 Å². The minimum atomic E-state index is -1.07. The summed E-state index contributed by atoms with van der Waals surface area (Å²) < 4.78 is 0. The molecule has 9 heteroatoms. The van der Waals surface area contributed by atoms with Crippen LogP contribution < -0.4 is 4.90 Å². The molecule has 2 rings (SSSR count). The number of aryl methyl sites for hydroxylation is 1. The van der Waals surface area contributed by atoms with Gasteiger partial charge in [-0.25, -0.2) is 14.6 Å². The van der Waals surface area contributed by atoms with Gasteiger partial charge in [-0.3, -0.25) is 9.69 Å². The molecule has 0 saturated carbocycles. The predicted molar refractivity (Wildman–Crippen MR) is 85.8 cm³/mol. The molecule has 2 N–H and O–H groups in total. The fraction of sp³-hybridized carbons (Fsp3) is 0.500. The molecule has 2 amide bonds. The number of amides is 2. The van der Waals surface area contributed by atoms with Crippen molar-refractivity contribution >= 4 is 40.0 Å². The normalized spacial score (nSPS) is 14.4. The Morgan fingerprint density at radius 3 is 2.65 bits per heavy atom. The van der Waals surface area contributed by atoms with Crippen molar-refractivity contribution in [1.82, 2.24) is 9.88 Å². The van der Waals surface area contributed by atoms with Crippen LogP contribution in [0, 0.1) is 12.3 Å². The number of nitrogens with zero attached hydrogens (tertiary/aromatic N) is 3. The zero-order valence-electron chi connectivity index (χ0n) is 13.0. The van der Waals surface area contributed by atoms with Crippen LogP contribution in [0.15, 0.2) is 0 Å². The van der Waals surface area contributed by atoms with E-state index in [4.69, 9.17) is 10.5 Å². The first-order valence-electron chi connectivity index (χ1n) is 7.23. The van der Waals surface area contributed by atoms with E-state index in [1.165, 1.54) is 9.80 Å². The molecule has 1 saturated heterocycles. The Morgan fingerprint density at radius 1 is 1.39 bits per heavy atom. The van der Waals surface area contributed by atoms with Crippen LogP contribution in [0.3, 0.4) is 0 Å². The third-order valence-electron chi connectivity index (χ3n) is 3.48. The molecule has 1 aromatic heterocycles. The van der Waals surface area contributed by atoms with E-state index < -0.39 is 5.97 Å². The highest BCUT2D eigenvalue weighted by atomic mass is 32.1. The van der Waals surface area contributed by atoms with Gasteiger partial charge in [-0.15, -0.1) is 0 Å².